The van der Waals surface area contributed by atoms with Gasteiger partial charge in [0.05, 0.1) is 37.3 Å². The molecule has 0 saturated carbocycles. The molecule has 1 N–H and O–H groups in total. The Balaban J connectivity index is 1.98. The Bertz CT molecular complexity index is 996. The van der Waals surface area contributed by atoms with Crippen LogP contribution in [0.15, 0.2) is 47.6 Å². The van der Waals surface area contributed by atoms with Crippen LogP contribution in [0.5, 0.6) is 11.5 Å². The van der Waals surface area contributed by atoms with E-state index in [9.17, 15) is 8.42 Å². The minimum atomic E-state index is -3.81. The SMILES string of the molecule is COc1ccc(S(=O)(=O)Nc2ccc3c(c2)ncn3C)c(OC)c1. The molecule has 0 spiro atoms. The number of aromatic nitrogens is 2. The van der Waals surface area contributed by atoms with Gasteiger partial charge in [0.25, 0.3) is 10.0 Å². The lowest BCUT2D eigenvalue weighted by Gasteiger charge is -2.12. The second-order valence-corrected chi connectivity index (χ2v) is 6.83. The molecule has 8 heteroatoms. The molecule has 1 heterocycles. The molecule has 0 aliphatic carbocycles. The van der Waals surface area contributed by atoms with Crippen LogP contribution in [0.4, 0.5) is 5.69 Å². The van der Waals surface area contributed by atoms with E-state index in [1.54, 1.807) is 24.5 Å². The third kappa shape index (κ3) is 2.88. The summed E-state index contributed by atoms with van der Waals surface area (Å²) in [5.41, 5.74) is 2.05. The number of hydrogen-bond acceptors (Lipinski definition) is 5. The number of fused-ring (bicyclic) bond motifs is 1. The highest BCUT2D eigenvalue weighted by Crippen LogP contribution is 2.30. The summed E-state index contributed by atoms with van der Waals surface area (Å²) < 4.78 is 40.0. The molecule has 0 saturated heterocycles. The van der Waals surface area contributed by atoms with Crippen molar-refractivity contribution >= 4 is 26.7 Å². The van der Waals surface area contributed by atoms with E-state index < -0.39 is 10.0 Å². The third-order valence-corrected chi connectivity index (χ3v) is 5.06. The van der Waals surface area contributed by atoms with Crippen molar-refractivity contribution in [2.24, 2.45) is 7.05 Å². The molecule has 0 aliphatic rings. The van der Waals surface area contributed by atoms with Gasteiger partial charge in [-0.2, -0.15) is 0 Å². The third-order valence-electron chi connectivity index (χ3n) is 3.64. The molecule has 1 aromatic heterocycles. The highest BCUT2D eigenvalue weighted by atomic mass is 32.2. The summed E-state index contributed by atoms with van der Waals surface area (Å²) in [7, 11) is 0.982. The summed E-state index contributed by atoms with van der Waals surface area (Å²) in [4.78, 5) is 4.26. The zero-order valence-electron chi connectivity index (χ0n) is 13.5. The average Bonchev–Trinajstić information content (AvgIpc) is 2.94. The molecule has 3 rings (SSSR count). The van der Waals surface area contributed by atoms with Gasteiger partial charge in [0.15, 0.2) is 0 Å². The van der Waals surface area contributed by atoms with E-state index in [2.05, 4.69) is 9.71 Å². The van der Waals surface area contributed by atoms with Crippen molar-refractivity contribution in [1.29, 1.82) is 0 Å². The van der Waals surface area contributed by atoms with Gasteiger partial charge < -0.3 is 14.0 Å². The first-order valence-electron chi connectivity index (χ1n) is 7.10. The molecule has 0 atom stereocenters. The second-order valence-electron chi connectivity index (χ2n) is 5.18. The number of imidazole rings is 1. The summed E-state index contributed by atoms with van der Waals surface area (Å²) in [6, 6.07) is 9.72. The fourth-order valence-electron chi connectivity index (χ4n) is 2.41. The van der Waals surface area contributed by atoms with E-state index in [4.69, 9.17) is 9.47 Å². The van der Waals surface area contributed by atoms with Gasteiger partial charge in [-0.05, 0) is 30.3 Å². The summed E-state index contributed by atoms with van der Waals surface area (Å²) in [5.74, 6) is 0.724. The summed E-state index contributed by atoms with van der Waals surface area (Å²) in [5, 5.41) is 0. The summed E-state index contributed by atoms with van der Waals surface area (Å²) >= 11 is 0. The first-order chi connectivity index (χ1) is 11.4. The minimum absolute atomic E-state index is 0.0342. The van der Waals surface area contributed by atoms with Crippen molar-refractivity contribution in [2.75, 3.05) is 18.9 Å². The van der Waals surface area contributed by atoms with Crippen molar-refractivity contribution in [3.63, 3.8) is 0 Å². The Hall–Kier alpha value is -2.74. The number of anilines is 1. The van der Waals surface area contributed by atoms with Crippen LogP contribution in [0.2, 0.25) is 0 Å². The van der Waals surface area contributed by atoms with E-state index in [0.29, 0.717) is 17.0 Å². The number of sulfonamides is 1. The number of aryl methyl sites for hydroxylation is 1. The molecule has 7 nitrogen and oxygen atoms in total. The summed E-state index contributed by atoms with van der Waals surface area (Å²) in [6.45, 7) is 0. The number of nitrogens with zero attached hydrogens (tertiary/aromatic N) is 2. The van der Waals surface area contributed by atoms with Crippen LogP contribution in [-0.4, -0.2) is 32.2 Å². The summed E-state index contributed by atoms with van der Waals surface area (Å²) in [6.07, 6.45) is 1.68. The van der Waals surface area contributed by atoms with E-state index in [1.807, 2.05) is 17.7 Å². The van der Waals surface area contributed by atoms with Gasteiger partial charge in [-0.25, -0.2) is 13.4 Å². The van der Waals surface area contributed by atoms with Crippen LogP contribution in [0.25, 0.3) is 11.0 Å². The van der Waals surface area contributed by atoms with Gasteiger partial charge in [-0.15, -0.1) is 0 Å². The predicted octanol–water partition coefficient (Wildman–Crippen LogP) is 2.39. The predicted molar refractivity (Wildman–Crippen MR) is 91.1 cm³/mol. The average molecular weight is 347 g/mol. The number of rotatable bonds is 5. The van der Waals surface area contributed by atoms with Crippen molar-refractivity contribution in [3.05, 3.63) is 42.7 Å². The molecule has 24 heavy (non-hydrogen) atoms. The molecule has 0 fully saturated rings. The minimum Gasteiger partial charge on any atom is -0.497 e. The molecule has 0 amide bonds. The lowest BCUT2D eigenvalue weighted by Crippen LogP contribution is -2.14. The van der Waals surface area contributed by atoms with Crippen LogP contribution in [0, 0.1) is 0 Å². The van der Waals surface area contributed by atoms with Gasteiger partial charge in [0, 0.05) is 13.1 Å². The molecular weight excluding hydrogens is 330 g/mol. The highest BCUT2D eigenvalue weighted by Gasteiger charge is 2.20. The normalized spacial score (nSPS) is 11.5. The smallest absolute Gasteiger partial charge is 0.265 e. The Morgan fingerprint density at radius 1 is 1.08 bits per heavy atom. The number of benzene rings is 2. The molecule has 0 radical (unpaired) electrons. The molecule has 0 aliphatic heterocycles. The fraction of sp³-hybridized carbons (Fsp3) is 0.188. The van der Waals surface area contributed by atoms with Crippen LogP contribution in [0.1, 0.15) is 0 Å². The van der Waals surface area contributed by atoms with Gasteiger partial charge in [0.2, 0.25) is 0 Å². The van der Waals surface area contributed by atoms with Gasteiger partial charge >= 0.3 is 0 Å². The Morgan fingerprint density at radius 2 is 1.88 bits per heavy atom. The number of hydrogen-bond donors (Lipinski definition) is 1. The quantitative estimate of drug-likeness (QED) is 0.766. The number of nitrogens with one attached hydrogen (secondary N) is 1. The first-order valence-corrected chi connectivity index (χ1v) is 8.59. The Kier molecular flexibility index (Phi) is 4.06. The maximum absolute atomic E-state index is 12.7. The van der Waals surface area contributed by atoms with Crippen LogP contribution in [-0.2, 0) is 17.1 Å². The molecule has 0 bridgehead atoms. The molecule has 2 aromatic carbocycles. The van der Waals surface area contributed by atoms with Gasteiger partial charge in [0.1, 0.15) is 16.4 Å². The Labute approximate surface area is 139 Å². The van der Waals surface area contributed by atoms with Crippen LogP contribution >= 0.6 is 0 Å². The zero-order valence-corrected chi connectivity index (χ0v) is 14.3. The monoisotopic (exact) mass is 347 g/mol. The molecule has 126 valence electrons. The van der Waals surface area contributed by atoms with Crippen molar-refractivity contribution in [3.8, 4) is 11.5 Å². The van der Waals surface area contributed by atoms with Crippen molar-refractivity contribution < 1.29 is 17.9 Å². The molecular formula is C16H17N3O4S. The molecule has 0 unspecified atom stereocenters. The van der Waals surface area contributed by atoms with Gasteiger partial charge in [-0.1, -0.05) is 0 Å². The second kappa shape index (κ2) is 6.04. The maximum atomic E-state index is 12.7. The van der Waals surface area contributed by atoms with Crippen molar-refractivity contribution in [1.82, 2.24) is 9.55 Å². The highest BCUT2D eigenvalue weighted by molar-refractivity contribution is 7.92. The van der Waals surface area contributed by atoms with E-state index in [-0.39, 0.29) is 10.6 Å². The van der Waals surface area contributed by atoms with Crippen LogP contribution in [0.3, 0.4) is 0 Å². The first kappa shape index (κ1) is 16.1. The largest absolute Gasteiger partial charge is 0.497 e. The number of ether oxygens (including phenoxy) is 2. The standard InChI is InChI=1S/C16H17N3O4S/c1-19-10-17-13-8-11(4-6-14(13)19)18-24(20,21)16-7-5-12(22-2)9-15(16)23-3/h4-10,18H,1-3H3. The topological polar surface area (TPSA) is 82.5 Å². The molecule has 3 aromatic rings. The Morgan fingerprint density at radius 3 is 2.58 bits per heavy atom. The lowest BCUT2D eigenvalue weighted by molar-refractivity contribution is 0.386. The van der Waals surface area contributed by atoms with E-state index in [1.165, 1.54) is 26.4 Å². The van der Waals surface area contributed by atoms with Gasteiger partial charge in [-0.3, -0.25) is 4.72 Å². The van der Waals surface area contributed by atoms with E-state index >= 15 is 0 Å². The van der Waals surface area contributed by atoms with Crippen LogP contribution < -0.4 is 14.2 Å². The zero-order chi connectivity index (χ0) is 17.3. The van der Waals surface area contributed by atoms with E-state index in [0.717, 1.165) is 5.52 Å². The lowest BCUT2D eigenvalue weighted by atomic mass is 10.3. The fourth-order valence-corrected chi connectivity index (χ4v) is 3.61. The number of methoxy groups -OCH3 is 2. The maximum Gasteiger partial charge on any atom is 0.265 e. The van der Waals surface area contributed by atoms with Crippen molar-refractivity contribution in [2.45, 2.75) is 4.90 Å².